The van der Waals surface area contributed by atoms with E-state index < -0.39 is 12.1 Å². The van der Waals surface area contributed by atoms with Crippen LogP contribution in [-0.4, -0.2) is 60.8 Å². The minimum Gasteiger partial charge on any atom is -0.475 e. The van der Waals surface area contributed by atoms with Crippen LogP contribution in [0.15, 0.2) is 52.8 Å². The van der Waals surface area contributed by atoms with E-state index in [1.165, 1.54) is 11.8 Å². The molecule has 164 valence electrons. The van der Waals surface area contributed by atoms with Gasteiger partial charge in [0.2, 0.25) is 5.91 Å². The Labute approximate surface area is 177 Å². The fourth-order valence-electron chi connectivity index (χ4n) is 2.12. The number of nitrogens with zero attached hydrogens (tertiary/aromatic N) is 4. The van der Waals surface area contributed by atoms with Gasteiger partial charge in [0.1, 0.15) is 0 Å². The normalized spacial score (nSPS) is 10.8. The van der Waals surface area contributed by atoms with Gasteiger partial charge >= 0.3 is 12.1 Å². The number of nitrogens with one attached hydrogen (secondary N) is 1. The number of amides is 1. The Morgan fingerprint density at radius 3 is 2.52 bits per heavy atom. The van der Waals surface area contributed by atoms with Crippen LogP contribution in [0.25, 0.3) is 10.9 Å². The molecule has 13 heteroatoms. The van der Waals surface area contributed by atoms with Crippen molar-refractivity contribution in [2.45, 2.75) is 17.9 Å². The van der Waals surface area contributed by atoms with Crippen LogP contribution in [0.3, 0.4) is 0 Å². The lowest BCUT2D eigenvalue weighted by molar-refractivity contribution is -0.192. The van der Waals surface area contributed by atoms with Gasteiger partial charge in [-0.3, -0.25) is 19.6 Å². The predicted molar refractivity (Wildman–Crippen MR) is 105 cm³/mol. The molecule has 1 aromatic carbocycles. The van der Waals surface area contributed by atoms with Gasteiger partial charge in [-0.05, 0) is 12.1 Å². The Kier molecular flexibility index (Phi) is 8.07. The van der Waals surface area contributed by atoms with Crippen molar-refractivity contribution >= 4 is 34.5 Å². The van der Waals surface area contributed by atoms with Crippen LogP contribution in [0.1, 0.15) is 5.69 Å². The summed E-state index contributed by atoms with van der Waals surface area (Å²) in [5, 5.41) is 8.09. The number of aliphatic carboxylic acids is 1. The molecule has 0 bridgehead atoms. The Bertz CT molecular complexity index is 1110. The number of para-hydroxylation sites is 1. The highest BCUT2D eigenvalue weighted by atomic mass is 32.2. The first-order chi connectivity index (χ1) is 14.6. The number of carboxylic acids is 1. The van der Waals surface area contributed by atoms with Gasteiger partial charge in [0, 0.05) is 19.4 Å². The Hall–Kier alpha value is -3.48. The van der Waals surface area contributed by atoms with E-state index in [0.717, 1.165) is 5.69 Å². The molecule has 2 aromatic heterocycles. The van der Waals surface area contributed by atoms with E-state index in [2.05, 4.69) is 19.9 Å². The number of hydrogen-bond donors (Lipinski definition) is 2. The van der Waals surface area contributed by atoms with Crippen molar-refractivity contribution in [3.63, 3.8) is 0 Å². The van der Waals surface area contributed by atoms with Crippen LogP contribution in [0.4, 0.5) is 13.2 Å². The molecular weight excluding hydrogens is 439 g/mol. The monoisotopic (exact) mass is 455 g/mol. The molecule has 0 saturated heterocycles. The van der Waals surface area contributed by atoms with E-state index in [0.29, 0.717) is 22.6 Å². The number of rotatable bonds is 5. The maximum absolute atomic E-state index is 12.2. The van der Waals surface area contributed by atoms with Gasteiger partial charge in [-0.15, -0.1) is 0 Å². The fraction of sp³-hybridized carbons (Fsp3) is 0.222. The molecule has 0 unspecified atom stereocenters. The van der Waals surface area contributed by atoms with Crippen molar-refractivity contribution in [3.05, 3.63) is 58.9 Å². The number of benzene rings is 1. The summed E-state index contributed by atoms with van der Waals surface area (Å²) < 4.78 is 31.7. The molecule has 31 heavy (non-hydrogen) atoms. The first kappa shape index (κ1) is 23.8. The number of carbonyl (C=O) groups is 2. The highest BCUT2D eigenvalue weighted by molar-refractivity contribution is 7.99. The maximum Gasteiger partial charge on any atom is 0.490 e. The van der Waals surface area contributed by atoms with Crippen molar-refractivity contribution in [2.24, 2.45) is 0 Å². The quantitative estimate of drug-likeness (QED) is 0.442. The minimum absolute atomic E-state index is 0.0820. The SMILES string of the molecule is CN(Cc1cnccn1)C(=O)CSc1nc2ccccc2c(=O)[nH]1.O=C(O)C(F)(F)F. The Balaban J connectivity index is 0.000000423. The zero-order valence-corrected chi connectivity index (χ0v) is 16.8. The summed E-state index contributed by atoms with van der Waals surface area (Å²) in [5.74, 6) is -2.66. The molecule has 3 rings (SSSR count). The van der Waals surface area contributed by atoms with Crippen molar-refractivity contribution in [1.29, 1.82) is 0 Å². The molecule has 0 saturated carbocycles. The third-order valence-corrected chi connectivity index (χ3v) is 4.47. The van der Waals surface area contributed by atoms with E-state index in [9.17, 15) is 22.8 Å². The van der Waals surface area contributed by atoms with Crippen LogP contribution in [-0.2, 0) is 16.1 Å². The van der Waals surface area contributed by atoms with Crippen LogP contribution >= 0.6 is 11.8 Å². The van der Waals surface area contributed by atoms with Gasteiger partial charge in [-0.1, -0.05) is 23.9 Å². The molecule has 0 aliphatic heterocycles. The largest absolute Gasteiger partial charge is 0.490 e. The Morgan fingerprint density at radius 2 is 1.90 bits per heavy atom. The maximum atomic E-state index is 12.2. The highest BCUT2D eigenvalue weighted by Crippen LogP contribution is 2.15. The molecule has 0 spiro atoms. The lowest BCUT2D eigenvalue weighted by Crippen LogP contribution is -2.28. The average Bonchev–Trinajstić information content (AvgIpc) is 2.72. The molecule has 1 amide bonds. The zero-order valence-electron chi connectivity index (χ0n) is 16.0. The molecule has 2 heterocycles. The number of hydrogen-bond acceptors (Lipinski definition) is 7. The summed E-state index contributed by atoms with van der Waals surface area (Å²) in [4.78, 5) is 49.8. The minimum atomic E-state index is -5.08. The predicted octanol–water partition coefficient (Wildman–Crippen LogP) is 2.10. The van der Waals surface area contributed by atoms with Crippen molar-refractivity contribution in [3.8, 4) is 0 Å². The van der Waals surface area contributed by atoms with Gasteiger partial charge < -0.3 is 15.0 Å². The molecule has 0 aliphatic rings. The second kappa shape index (κ2) is 10.5. The van der Waals surface area contributed by atoms with Crippen LogP contribution in [0.5, 0.6) is 0 Å². The van der Waals surface area contributed by atoms with Crippen LogP contribution in [0, 0.1) is 0 Å². The van der Waals surface area contributed by atoms with Crippen molar-refractivity contribution in [1.82, 2.24) is 24.8 Å². The van der Waals surface area contributed by atoms with Gasteiger partial charge in [0.05, 0.1) is 35.1 Å². The van der Waals surface area contributed by atoms with Gasteiger partial charge in [0.25, 0.3) is 5.56 Å². The van der Waals surface area contributed by atoms with Gasteiger partial charge in [-0.2, -0.15) is 13.2 Å². The summed E-state index contributed by atoms with van der Waals surface area (Å²) in [7, 11) is 1.70. The zero-order chi connectivity index (χ0) is 23.0. The van der Waals surface area contributed by atoms with Gasteiger partial charge in [-0.25, -0.2) is 9.78 Å². The summed E-state index contributed by atoms with van der Waals surface area (Å²) in [6.07, 6.45) is -0.283. The lowest BCUT2D eigenvalue weighted by atomic mass is 10.2. The number of H-pyrrole nitrogens is 1. The number of thioether (sulfide) groups is 1. The second-order valence-corrected chi connectivity index (χ2v) is 6.89. The van der Waals surface area contributed by atoms with Crippen LogP contribution < -0.4 is 5.56 Å². The average molecular weight is 455 g/mol. The molecular formula is C18H16F3N5O4S. The first-order valence-corrected chi connectivity index (χ1v) is 9.47. The molecule has 0 radical (unpaired) electrons. The number of carboxylic acid groups (broad SMARTS) is 1. The number of fused-ring (bicyclic) bond motifs is 1. The number of aromatic nitrogens is 4. The number of alkyl halides is 3. The molecule has 0 fully saturated rings. The van der Waals surface area contributed by atoms with Crippen molar-refractivity contribution in [2.75, 3.05) is 12.8 Å². The molecule has 0 aliphatic carbocycles. The molecule has 3 aromatic rings. The number of halogens is 3. The standard InChI is InChI=1S/C16H15N5O2S.C2HF3O2/c1-21(9-11-8-17-6-7-18-11)14(22)10-24-16-19-13-5-3-2-4-12(13)15(23)20-16;3-2(4,5)1(6)7/h2-8H,9-10H2,1H3,(H,19,20,23);(H,6,7). The molecule has 2 N–H and O–H groups in total. The first-order valence-electron chi connectivity index (χ1n) is 8.48. The third-order valence-electron chi connectivity index (χ3n) is 3.61. The highest BCUT2D eigenvalue weighted by Gasteiger charge is 2.38. The third kappa shape index (κ3) is 7.37. The summed E-state index contributed by atoms with van der Waals surface area (Å²) in [5.41, 5.74) is 1.13. The van der Waals surface area contributed by atoms with E-state index in [1.807, 2.05) is 6.07 Å². The second-order valence-electron chi connectivity index (χ2n) is 5.93. The van der Waals surface area contributed by atoms with E-state index >= 15 is 0 Å². The smallest absolute Gasteiger partial charge is 0.475 e. The number of carbonyl (C=O) groups excluding carboxylic acids is 1. The van der Waals surface area contributed by atoms with E-state index in [1.54, 1.807) is 48.7 Å². The van der Waals surface area contributed by atoms with Crippen molar-refractivity contribution < 1.29 is 27.9 Å². The van der Waals surface area contributed by atoms with Crippen LogP contribution in [0.2, 0.25) is 0 Å². The Morgan fingerprint density at radius 1 is 1.23 bits per heavy atom. The van der Waals surface area contributed by atoms with E-state index in [-0.39, 0.29) is 17.2 Å². The number of aromatic amines is 1. The van der Waals surface area contributed by atoms with Gasteiger partial charge in [0.15, 0.2) is 5.16 Å². The summed E-state index contributed by atoms with van der Waals surface area (Å²) in [6.45, 7) is 0.384. The molecule has 0 atom stereocenters. The fourth-order valence-corrected chi connectivity index (χ4v) is 2.92. The lowest BCUT2D eigenvalue weighted by Gasteiger charge is -2.16. The van der Waals surface area contributed by atoms with E-state index in [4.69, 9.17) is 9.90 Å². The topological polar surface area (TPSA) is 129 Å². The summed E-state index contributed by atoms with van der Waals surface area (Å²) >= 11 is 1.20. The summed E-state index contributed by atoms with van der Waals surface area (Å²) in [6, 6.07) is 7.10. The molecule has 9 nitrogen and oxygen atoms in total.